The summed E-state index contributed by atoms with van der Waals surface area (Å²) in [5.74, 6) is 0.630. The van der Waals surface area contributed by atoms with Crippen LogP contribution in [0.4, 0.5) is 11.5 Å². The summed E-state index contributed by atoms with van der Waals surface area (Å²) in [7, 11) is 0. The Morgan fingerprint density at radius 2 is 1.32 bits per heavy atom. The van der Waals surface area contributed by atoms with E-state index in [0.717, 1.165) is 31.6 Å². The molecule has 0 bridgehead atoms. The molecule has 0 aliphatic rings. The fourth-order valence-corrected chi connectivity index (χ4v) is 4.34. The molecule has 0 atom stereocenters. The molecule has 176 valence electrons. The third kappa shape index (κ3) is 11.6. The summed E-state index contributed by atoms with van der Waals surface area (Å²) in [4.78, 5) is 0. The maximum Gasteiger partial charge on any atom is 0.275 e. The lowest BCUT2D eigenvalue weighted by Gasteiger charge is -2.13. The highest BCUT2D eigenvalue weighted by atomic mass is 35.5. The van der Waals surface area contributed by atoms with E-state index in [4.69, 9.17) is 17.3 Å². The Bertz CT molecular complexity index is 639. The molecule has 0 spiro atoms. The highest BCUT2D eigenvalue weighted by molar-refractivity contribution is 6.30. The van der Waals surface area contributed by atoms with Crippen LogP contribution in [0.2, 0.25) is 5.15 Å². The van der Waals surface area contributed by atoms with E-state index in [1.54, 1.807) is 0 Å². The van der Waals surface area contributed by atoms with Crippen LogP contribution < -0.4 is 15.6 Å². The lowest BCUT2D eigenvalue weighted by Crippen LogP contribution is -2.39. The summed E-state index contributed by atoms with van der Waals surface area (Å²) in [6.07, 6.45) is 20.4. The van der Waals surface area contributed by atoms with Crippen molar-refractivity contribution in [3.05, 3.63) is 16.8 Å². The Balaban J connectivity index is 2.39. The van der Waals surface area contributed by atoms with Gasteiger partial charge in [0.05, 0.1) is 18.3 Å². The van der Waals surface area contributed by atoms with Gasteiger partial charge in [-0.1, -0.05) is 97.3 Å². The molecule has 0 radical (unpaired) electrons. The molecule has 0 aliphatic carbocycles. The molecule has 0 saturated carbocycles. The summed E-state index contributed by atoms with van der Waals surface area (Å²) in [5.41, 5.74) is 7.55. The van der Waals surface area contributed by atoms with E-state index in [1.165, 1.54) is 89.9 Å². The summed E-state index contributed by atoms with van der Waals surface area (Å²) in [5, 5.41) is 13.5. The van der Waals surface area contributed by atoms with Crippen molar-refractivity contribution in [2.75, 3.05) is 17.6 Å². The van der Waals surface area contributed by atoms with Crippen LogP contribution in [0.5, 0.6) is 0 Å². The van der Waals surface area contributed by atoms with Crippen LogP contribution >= 0.6 is 11.6 Å². The van der Waals surface area contributed by atoms with E-state index >= 15 is 0 Å². The quantitative estimate of drug-likeness (QED) is 0.129. The number of halogens is 1. The second kappa shape index (κ2) is 18.1. The number of anilines is 2. The Morgan fingerprint density at radius 3 is 1.84 bits per heavy atom. The second-order valence-corrected chi connectivity index (χ2v) is 9.15. The van der Waals surface area contributed by atoms with Crippen molar-refractivity contribution >= 4 is 23.1 Å². The fraction of sp³-hybridized carbons (Fsp3) is 0.769. The summed E-state index contributed by atoms with van der Waals surface area (Å²) >= 11 is 6.56. The Kier molecular flexibility index (Phi) is 16.1. The van der Waals surface area contributed by atoms with Gasteiger partial charge in [0, 0.05) is 6.54 Å². The van der Waals surface area contributed by atoms with E-state index in [-0.39, 0.29) is 0 Å². The number of nitriles is 1. The number of pyridine rings is 1. The third-order valence-corrected chi connectivity index (χ3v) is 6.40. The number of nitrogens with one attached hydrogen (secondary N) is 1. The number of unbranched alkanes of at least 4 members (excludes halogenated alkanes) is 14. The molecule has 0 fully saturated rings. The second-order valence-electron chi connectivity index (χ2n) is 8.79. The van der Waals surface area contributed by atoms with Gasteiger partial charge in [-0.3, -0.25) is 5.73 Å². The summed E-state index contributed by atoms with van der Waals surface area (Å²) in [6, 6.07) is 4.15. The van der Waals surface area contributed by atoms with Crippen molar-refractivity contribution in [3.8, 4) is 6.07 Å². The minimum atomic E-state index is 0.462. The summed E-state index contributed by atoms with van der Waals surface area (Å²) < 4.78 is 1.89. The fourth-order valence-electron chi connectivity index (χ4n) is 4.02. The minimum Gasteiger partial charge on any atom is -0.384 e. The van der Waals surface area contributed by atoms with E-state index < -0.39 is 0 Å². The molecule has 1 rings (SSSR count). The van der Waals surface area contributed by atoms with Gasteiger partial charge >= 0.3 is 0 Å². The number of aromatic nitrogens is 1. The maximum absolute atomic E-state index is 9.64. The van der Waals surface area contributed by atoms with Crippen LogP contribution in [0.25, 0.3) is 0 Å². The average Bonchev–Trinajstić information content (AvgIpc) is 2.76. The van der Waals surface area contributed by atoms with Gasteiger partial charge in [-0.2, -0.15) is 5.26 Å². The molecule has 0 saturated heterocycles. The minimum absolute atomic E-state index is 0.462. The van der Waals surface area contributed by atoms with Crippen LogP contribution in [0.1, 0.15) is 122 Å². The van der Waals surface area contributed by atoms with Crippen molar-refractivity contribution in [3.63, 3.8) is 0 Å². The van der Waals surface area contributed by atoms with Gasteiger partial charge in [-0.05, 0) is 30.9 Å². The summed E-state index contributed by atoms with van der Waals surface area (Å²) in [6.45, 7) is 6.12. The standard InChI is InChI=1S/C26H45ClN4/c1-3-5-7-9-11-13-15-17-19-30-24-21-25(29)31(26(27)23(24)22-28)20-18-16-14-12-10-8-6-4-2/h21H,3-20H2,1-2H3,(H2,29,30)/p+1. The zero-order valence-electron chi connectivity index (χ0n) is 20.2. The van der Waals surface area contributed by atoms with Crippen LogP contribution in [0.3, 0.4) is 0 Å². The highest BCUT2D eigenvalue weighted by Crippen LogP contribution is 2.23. The molecule has 4 nitrogen and oxygen atoms in total. The van der Waals surface area contributed by atoms with Crippen LogP contribution in [-0.2, 0) is 6.54 Å². The molecule has 5 heteroatoms. The van der Waals surface area contributed by atoms with Gasteiger partial charge in [0.2, 0.25) is 5.15 Å². The Hall–Kier alpha value is -1.47. The van der Waals surface area contributed by atoms with Gasteiger partial charge in [0.25, 0.3) is 5.82 Å². The molecule has 0 aromatic carbocycles. The van der Waals surface area contributed by atoms with Gasteiger partial charge in [-0.15, -0.1) is 0 Å². The molecule has 0 aliphatic heterocycles. The smallest absolute Gasteiger partial charge is 0.275 e. The highest BCUT2D eigenvalue weighted by Gasteiger charge is 2.19. The molecule has 1 heterocycles. The normalized spacial score (nSPS) is 10.9. The average molecular weight is 450 g/mol. The molecular formula is C26H46ClN4+. The maximum atomic E-state index is 9.64. The molecule has 0 amide bonds. The monoisotopic (exact) mass is 449 g/mol. The van der Waals surface area contributed by atoms with Crippen LogP contribution in [-0.4, -0.2) is 6.54 Å². The van der Waals surface area contributed by atoms with Gasteiger partial charge < -0.3 is 5.32 Å². The first-order valence-electron chi connectivity index (χ1n) is 12.8. The van der Waals surface area contributed by atoms with E-state index in [2.05, 4.69) is 25.2 Å². The molecular weight excluding hydrogens is 404 g/mol. The van der Waals surface area contributed by atoms with Crippen molar-refractivity contribution in [2.45, 2.75) is 123 Å². The topological polar surface area (TPSA) is 65.7 Å². The first kappa shape index (κ1) is 27.6. The Labute approximate surface area is 196 Å². The van der Waals surface area contributed by atoms with Gasteiger partial charge in [0.15, 0.2) is 0 Å². The van der Waals surface area contributed by atoms with E-state index in [1.807, 2.05) is 10.6 Å². The zero-order chi connectivity index (χ0) is 22.7. The lowest BCUT2D eigenvalue weighted by atomic mass is 10.1. The van der Waals surface area contributed by atoms with Crippen LogP contribution in [0.15, 0.2) is 6.07 Å². The van der Waals surface area contributed by atoms with Crippen molar-refractivity contribution in [1.82, 2.24) is 0 Å². The van der Waals surface area contributed by atoms with Crippen molar-refractivity contribution in [2.24, 2.45) is 0 Å². The molecule has 31 heavy (non-hydrogen) atoms. The SMILES string of the molecule is CCCCCCCCCCNc1cc(N)[n+](CCCCCCCCCC)c(Cl)c1C#N. The third-order valence-electron chi connectivity index (χ3n) is 6.01. The van der Waals surface area contributed by atoms with Gasteiger partial charge in [-0.25, -0.2) is 4.57 Å². The Morgan fingerprint density at radius 1 is 0.839 bits per heavy atom. The molecule has 3 N–H and O–H groups in total. The number of hydrogen-bond donors (Lipinski definition) is 2. The molecule has 0 unspecified atom stereocenters. The zero-order valence-corrected chi connectivity index (χ0v) is 20.9. The number of nitrogen functional groups attached to an aromatic ring is 1. The number of nitrogens with two attached hydrogens (primary N) is 1. The largest absolute Gasteiger partial charge is 0.384 e. The van der Waals surface area contributed by atoms with Gasteiger partial charge in [0.1, 0.15) is 11.6 Å². The number of hydrogen-bond acceptors (Lipinski definition) is 3. The van der Waals surface area contributed by atoms with E-state index in [0.29, 0.717) is 16.5 Å². The van der Waals surface area contributed by atoms with Crippen LogP contribution in [0, 0.1) is 11.3 Å². The first-order chi connectivity index (χ1) is 15.2. The predicted molar refractivity (Wildman–Crippen MR) is 134 cm³/mol. The van der Waals surface area contributed by atoms with E-state index in [9.17, 15) is 5.26 Å². The number of rotatable bonds is 19. The first-order valence-corrected chi connectivity index (χ1v) is 13.2. The number of nitrogens with zero attached hydrogens (tertiary/aromatic N) is 2. The molecule has 1 aromatic heterocycles. The van der Waals surface area contributed by atoms with Crippen molar-refractivity contribution in [1.29, 1.82) is 5.26 Å². The lowest BCUT2D eigenvalue weighted by molar-refractivity contribution is -0.681. The molecule has 1 aromatic rings. The predicted octanol–water partition coefficient (Wildman–Crippen LogP) is 7.77. The van der Waals surface area contributed by atoms with Crippen molar-refractivity contribution < 1.29 is 4.57 Å².